The van der Waals surface area contributed by atoms with Crippen molar-refractivity contribution >= 4 is 0 Å². The molecule has 2 rings (SSSR count). The highest BCUT2D eigenvalue weighted by atomic mass is 16.5. The number of aryl methyl sites for hydroxylation is 1. The third kappa shape index (κ3) is 3.32. The number of pyridine rings is 1. The van der Waals surface area contributed by atoms with Crippen LogP contribution in [0.5, 0.6) is 11.6 Å². The largest absolute Gasteiger partial charge is 0.439 e. The molecule has 1 heterocycles. The van der Waals surface area contributed by atoms with Crippen LogP contribution in [-0.2, 0) is 6.61 Å². The van der Waals surface area contributed by atoms with Crippen LogP contribution in [0.15, 0.2) is 36.4 Å². The molecule has 0 saturated heterocycles. The summed E-state index contributed by atoms with van der Waals surface area (Å²) in [4.78, 5) is 4.31. The molecular formula is C16H19NO2. The second-order valence-corrected chi connectivity index (χ2v) is 4.88. The van der Waals surface area contributed by atoms with Crippen molar-refractivity contribution in [3.63, 3.8) is 0 Å². The number of aliphatic hydroxyl groups is 1. The van der Waals surface area contributed by atoms with Crippen LogP contribution in [0.25, 0.3) is 0 Å². The number of aromatic nitrogens is 1. The Kier molecular flexibility index (Phi) is 4.17. The van der Waals surface area contributed by atoms with Gasteiger partial charge in [-0.3, -0.25) is 0 Å². The second-order valence-electron chi connectivity index (χ2n) is 4.88. The average Bonchev–Trinajstić information content (AvgIpc) is 2.39. The third-order valence-electron chi connectivity index (χ3n) is 3.11. The van der Waals surface area contributed by atoms with E-state index in [1.165, 1.54) is 5.56 Å². The van der Waals surface area contributed by atoms with Gasteiger partial charge in [0.15, 0.2) is 0 Å². The predicted octanol–water partition coefficient (Wildman–Crippen LogP) is 3.80. The quantitative estimate of drug-likeness (QED) is 0.906. The van der Waals surface area contributed by atoms with Gasteiger partial charge in [0.05, 0.1) is 6.61 Å². The highest BCUT2D eigenvalue weighted by Gasteiger charge is 2.04. The monoisotopic (exact) mass is 257 g/mol. The van der Waals surface area contributed by atoms with Crippen molar-refractivity contribution in [2.75, 3.05) is 0 Å². The van der Waals surface area contributed by atoms with Crippen LogP contribution in [0.3, 0.4) is 0 Å². The van der Waals surface area contributed by atoms with Crippen molar-refractivity contribution in [2.45, 2.75) is 33.3 Å². The van der Waals surface area contributed by atoms with Crippen LogP contribution in [-0.4, -0.2) is 10.1 Å². The molecule has 0 aliphatic rings. The third-order valence-corrected chi connectivity index (χ3v) is 3.11. The van der Waals surface area contributed by atoms with Gasteiger partial charge in [-0.25, -0.2) is 4.98 Å². The summed E-state index contributed by atoms with van der Waals surface area (Å²) >= 11 is 0. The summed E-state index contributed by atoms with van der Waals surface area (Å²) in [7, 11) is 0. The lowest BCUT2D eigenvalue weighted by Gasteiger charge is -2.09. The molecular weight excluding hydrogens is 238 g/mol. The maximum atomic E-state index is 9.10. The summed E-state index contributed by atoms with van der Waals surface area (Å²) in [5.74, 6) is 1.83. The highest BCUT2D eigenvalue weighted by molar-refractivity contribution is 5.33. The fourth-order valence-corrected chi connectivity index (χ4v) is 1.83. The molecule has 100 valence electrons. The van der Waals surface area contributed by atoms with Crippen LogP contribution < -0.4 is 4.74 Å². The summed E-state index contributed by atoms with van der Waals surface area (Å²) in [6, 6.07) is 11.6. The Labute approximate surface area is 113 Å². The smallest absolute Gasteiger partial charge is 0.219 e. The zero-order chi connectivity index (χ0) is 13.8. The fraction of sp³-hybridized carbons (Fsp3) is 0.312. The molecule has 0 fully saturated rings. The molecule has 19 heavy (non-hydrogen) atoms. The van der Waals surface area contributed by atoms with Gasteiger partial charge in [-0.2, -0.15) is 0 Å². The molecule has 0 amide bonds. The summed E-state index contributed by atoms with van der Waals surface area (Å²) in [5.41, 5.74) is 2.90. The van der Waals surface area contributed by atoms with Crippen molar-refractivity contribution in [1.82, 2.24) is 4.98 Å². The van der Waals surface area contributed by atoms with E-state index in [1.54, 1.807) is 6.07 Å². The number of rotatable bonds is 4. The fourth-order valence-electron chi connectivity index (χ4n) is 1.83. The number of nitrogens with zero attached hydrogens (tertiary/aromatic N) is 1. The zero-order valence-electron chi connectivity index (χ0n) is 11.6. The van der Waals surface area contributed by atoms with E-state index < -0.39 is 0 Å². The first kappa shape index (κ1) is 13.6. The van der Waals surface area contributed by atoms with Gasteiger partial charge in [-0.1, -0.05) is 26.0 Å². The van der Waals surface area contributed by atoms with Crippen molar-refractivity contribution in [3.8, 4) is 11.6 Å². The molecule has 0 spiro atoms. The lowest BCUT2D eigenvalue weighted by molar-refractivity contribution is 0.280. The van der Waals surface area contributed by atoms with E-state index >= 15 is 0 Å². The minimum Gasteiger partial charge on any atom is -0.439 e. The van der Waals surface area contributed by atoms with Crippen molar-refractivity contribution in [3.05, 3.63) is 53.2 Å². The first-order valence-corrected chi connectivity index (χ1v) is 6.45. The van der Waals surface area contributed by atoms with E-state index in [0.29, 0.717) is 11.8 Å². The van der Waals surface area contributed by atoms with Gasteiger partial charge in [0, 0.05) is 11.8 Å². The van der Waals surface area contributed by atoms with Gasteiger partial charge in [0.1, 0.15) is 5.75 Å². The second kappa shape index (κ2) is 5.85. The lowest BCUT2D eigenvalue weighted by atomic mass is 10.0. The predicted molar refractivity (Wildman–Crippen MR) is 75.5 cm³/mol. The van der Waals surface area contributed by atoms with Gasteiger partial charge < -0.3 is 9.84 Å². The number of benzene rings is 1. The molecule has 2 aromatic rings. The first-order chi connectivity index (χ1) is 9.10. The maximum absolute atomic E-state index is 9.10. The first-order valence-electron chi connectivity index (χ1n) is 6.45. The number of ether oxygens (including phenoxy) is 1. The summed E-state index contributed by atoms with van der Waals surface area (Å²) in [6.45, 7) is 6.19. The lowest BCUT2D eigenvalue weighted by Crippen LogP contribution is -1.95. The normalized spacial score (nSPS) is 10.8. The Morgan fingerprint density at radius 2 is 1.79 bits per heavy atom. The summed E-state index contributed by atoms with van der Waals surface area (Å²) in [5, 5.41) is 9.10. The van der Waals surface area contributed by atoms with E-state index in [-0.39, 0.29) is 6.61 Å². The Morgan fingerprint density at radius 1 is 1.11 bits per heavy atom. The van der Waals surface area contributed by atoms with Gasteiger partial charge in [-0.05, 0) is 42.2 Å². The Bertz CT molecular complexity index is 547. The Balaban J connectivity index is 2.14. The molecule has 0 bridgehead atoms. The SMILES string of the molecule is Cc1nc(Oc2ccc(C(C)C)cc2)ccc1CO. The van der Waals surface area contributed by atoms with E-state index in [1.807, 2.05) is 25.1 Å². The van der Waals surface area contributed by atoms with E-state index in [0.717, 1.165) is 17.0 Å². The minimum absolute atomic E-state index is 0.00218. The molecule has 0 aliphatic heterocycles. The average molecular weight is 257 g/mol. The standard InChI is InChI=1S/C16H19NO2/c1-11(2)13-4-7-15(8-5-13)19-16-9-6-14(10-18)12(3)17-16/h4-9,11,18H,10H2,1-3H3. The number of hydrogen-bond acceptors (Lipinski definition) is 3. The van der Waals surface area contributed by atoms with Crippen LogP contribution >= 0.6 is 0 Å². The van der Waals surface area contributed by atoms with Crippen molar-refractivity contribution in [1.29, 1.82) is 0 Å². The molecule has 0 radical (unpaired) electrons. The van der Waals surface area contributed by atoms with E-state index in [9.17, 15) is 0 Å². The van der Waals surface area contributed by atoms with E-state index in [2.05, 4.69) is 31.0 Å². The summed E-state index contributed by atoms with van der Waals surface area (Å²) < 4.78 is 5.70. The zero-order valence-corrected chi connectivity index (χ0v) is 11.6. The van der Waals surface area contributed by atoms with Crippen molar-refractivity contribution in [2.24, 2.45) is 0 Å². The molecule has 3 heteroatoms. The van der Waals surface area contributed by atoms with Gasteiger partial charge in [0.25, 0.3) is 0 Å². The van der Waals surface area contributed by atoms with Gasteiger partial charge >= 0.3 is 0 Å². The maximum Gasteiger partial charge on any atom is 0.219 e. The highest BCUT2D eigenvalue weighted by Crippen LogP contribution is 2.23. The number of hydrogen-bond donors (Lipinski definition) is 1. The Hall–Kier alpha value is -1.87. The van der Waals surface area contributed by atoms with Gasteiger partial charge in [-0.15, -0.1) is 0 Å². The topological polar surface area (TPSA) is 42.4 Å². The van der Waals surface area contributed by atoms with Gasteiger partial charge in [0.2, 0.25) is 5.88 Å². The van der Waals surface area contributed by atoms with Crippen LogP contribution in [0.1, 0.15) is 36.6 Å². The molecule has 0 atom stereocenters. The Morgan fingerprint density at radius 3 is 2.32 bits per heavy atom. The van der Waals surface area contributed by atoms with Crippen LogP contribution in [0, 0.1) is 6.92 Å². The molecule has 1 aromatic heterocycles. The molecule has 0 aliphatic carbocycles. The molecule has 0 saturated carbocycles. The molecule has 0 unspecified atom stereocenters. The molecule has 1 aromatic carbocycles. The summed E-state index contributed by atoms with van der Waals surface area (Å²) in [6.07, 6.45) is 0. The molecule has 3 nitrogen and oxygen atoms in total. The molecule has 1 N–H and O–H groups in total. The van der Waals surface area contributed by atoms with Crippen LogP contribution in [0.2, 0.25) is 0 Å². The minimum atomic E-state index is 0.00218. The van der Waals surface area contributed by atoms with Crippen molar-refractivity contribution < 1.29 is 9.84 Å². The number of aliphatic hydroxyl groups excluding tert-OH is 1. The van der Waals surface area contributed by atoms with Crippen LogP contribution in [0.4, 0.5) is 0 Å². The van der Waals surface area contributed by atoms with E-state index in [4.69, 9.17) is 9.84 Å².